The van der Waals surface area contributed by atoms with Crippen molar-refractivity contribution in [1.29, 1.82) is 0 Å². The van der Waals surface area contributed by atoms with Gasteiger partial charge in [0.1, 0.15) is 41.3 Å². The van der Waals surface area contributed by atoms with Crippen LogP contribution in [0.25, 0.3) is 10.8 Å². The number of carboxylic acid groups (broad SMARTS) is 1. The largest absolute Gasteiger partial charge is 0.497 e. The Bertz CT molecular complexity index is 2170. The molecule has 0 unspecified atom stereocenters. The summed E-state index contributed by atoms with van der Waals surface area (Å²) in [6.45, 7) is 5.71. The molecule has 4 heterocycles. The van der Waals surface area contributed by atoms with Crippen LogP contribution in [0.4, 0.5) is 23.8 Å². The summed E-state index contributed by atoms with van der Waals surface area (Å²) in [4.78, 5) is 64.4. The minimum Gasteiger partial charge on any atom is -0.497 e. The van der Waals surface area contributed by atoms with Crippen LogP contribution in [0.2, 0.25) is 0 Å². The molecule has 334 valence electrons. The fourth-order valence-electron chi connectivity index (χ4n) is 8.87. The van der Waals surface area contributed by atoms with Crippen molar-refractivity contribution in [2.45, 2.75) is 107 Å². The second kappa shape index (κ2) is 17.1. The Balaban J connectivity index is 1.29. The van der Waals surface area contributed by atoms with E-state index in [1.165, 1.54) is 14.0 Å². The van der Waals surface area contributed by atoms with Gasteiger partial charge in [-0.2, -0.15) is 18.2 Å². The predicted octanol–water partition coefficient (Wildman–Crippen LogP) is 4.22. The number of carbonyl (C=O) groups is 4. The maximum atomic E-state index is 15.0. The first-order valence-electron chi connectivity index (χ1n) is 20.7. The zero-order valence-corrected chi connectivity index (χ0v) is 35.3. The van der Waals surface area contributed by atoms with E-state index in [0.29, 0.717) is 81.3 Å². The molecular formula is C41H53F3N6O10S. The molecule has 20 heteroatoms. The van der Waals surface area contributed by atoms with Gasteiger partial charge in [-0.25, -0.2) is 13.2 Å². The Morgan fingerprint density at radius 2 is 1.84 bits per heavy atom. The molecule has 4 amide bonds. The van der Waals surface area contributed by atoms with E-state index >= 15 is 4.79 Å². The molecule has 0 radical (unpaired) electrons. The number of pyridine rings is 1. The van der Waals surface area contributed by atoms with E-state index in [-0.39, 0.29) is 42.5 Å². The number of carbonyl (C=O) groups excluding carboxylic acids is 3. The molecule has 2 saturated carbocycles. The summed E-state index contributed by atoms with van der Waals surface area (Å²) in [7, 11) is -2.50. The molecule has 4 fully saturated rings. The van der Waals surface area contributed by atoms with Crippen LogP contribution in [-0.4, -0.2) is 133 Å². The number of morpholine rings is 1. The minimum atomic E-state index is -5.04. The Morgan fingerprint density at radius 1 is 1.11 bits per heavy atom. The van der Waals surface area contributed by atoms with E-state index in [1.807, 2.05) is 24.0 Å². The van der Waals surface area contributed by atoms with Gasteiger partial charge in [0.05, 0.1) is 32.1 Å². The van der Waals surface area contributed by atoms with Crippen molar-refractivity contribution in [3.05, 3.63) is 36.4 Å². The van der Waals surface area contributed by atoms with Gasteiger partial charge in [0.25, 0.3) is 5.91 Å². The summed E-state index contributed by atoms with van der Waals surface area (Å²) in [6, 6.07) is 1.18. The normalized spacial score (nSPS) is 29.9. The highest BCUT2D eigenvalue weighted by Gasteiger charge is 2.62. The third-order valence-corrected chi connectivity index (χ3v) is 14.4. The van der Waals surface area contributed by atoms with Gasteiger partial charge in [-0.05, 0) is 86.9 Å². The molecule has 2 aliphatic carbocycles. The number of nitrogens with zero attached hydrogens (tertiary/aromatic N) is 4. The molecule has 1 aromatic heterocycles. The number of fused-ring (bicyclic) bond motifs is 3. The average Bonchev–Trinajstić information content (AvgIpc) is 4.14. The molecular weight excluding hydrogens is 826 g/mol. The second-order valence-electron chi connectivity index (χ2n) is 17.1. The number of ether oxygens (including phenoxy) is 3. The number of nitrogens with one attached hydrogen (secondary N) is 2. The SMILES string of the molecule is COc1ccc2c(O[C@@H]3C[C@H]4C(=O)N[C@]5(C(=O)NS(=O)(=O)C6CC6)C[C@H]5/C=C\CC[C@@H](C)C[C@@H](C)[C@H](N(C(=O)O)[C@H](C)C(F)(F)F)C(=O)N4C3)nc(N3CCOCC3)cc2c1. The van der Waals surface area contributed by atoms with E-state index in [1.54, 1.807) is 24.3 Å². The smallest absolute Gasteiger partial charge is 0.408 e. The average molecular weight is 879 g/mol. The number of hydrogen-bond acceptors (Lipinski definition) is 11. The van der Waals surface area contributed by atoms with Gasteiger partial charge in [0, 0.05) is 30.8 Å². The number of anilines is 1. The van der Waals surface area contributed by atoms with E-state index in [4.69, 9.17) is 19.2 Å². The van der Waals surface area contributed by atoms with Crippen LogP contribution in [0.15, 0.2) is 36.4 Å². The van der Waals surface area contributed by atoms with Crippen molar-refractivity contribution in [2.75, 3.05) is 44.9 Å². The molecule has 3 aliphatic heterocycles. The van der Waals surface area contributed by atoms with Crippen molar-refractivity contribution in [3.63, 3.8) is 0 Å². The van der Waals surface area contributed by atoms with Crippen LogP contribution in [0.5, 0.6) is 11.6 Å². The third-order valence-electron chi connectivity index (χ3n) is 12.6. The molecule has 5 aliphatic rings. The zero-order chi connectivity index (χ0) is 44.0. The summed E-state index contributed by atoms with van der Waals surface area (Å²) in [5.41, 5.74) is -1.71. The lowest BCUT2D eigenvalue weighted by Gasteiger charge is -2.40. The highest BCUT2D eigenvalue weighted by molar-refractivity contribution is 7.91. The number of hydrogen-bond donors (Lipinski definition) is 3. The number of aromatic nitrogens is 1. The molecule has 0 spiro atoms. The van der Waals surface area contributed by atoms with Gasteiger partial charge in [-0.15, -0.1) is 0 Å². The van der Waals surface area contributed by atoms with Gasteiger partial charge in [-0.3, -0.25) is 24.0 Å². The molecule has 3 N–H and O–H groups in total. The molecule has 61 heavy (non-hydrogen) atoms. The van der Waals surface area contributed by atoms with E-state index in [2.05, 4.69) is 10.0 Å². The first-order chi connectivity index (χ1) is 28.8. The number of halogens is 3. The summed E-state index contributed by atoms with van der Waals surface area (Å²) in [5, 5.41) is 13.7. The number of alkyl halides is 3. The van der Waals surface area contributed by atoms with E-state index < -0.39 is 86.9 Å². The highest BCUT2D eigenvalue weighted by atomic mass is 32.2. The van der Waals surface area contributed by atoms with Crippen LogP contribution in [0.1, 0.15) is 65.7 Å². The Kier molecular flexibility index (Phi) is 12.4. The summed E-state index contributed by atoms with van der Waals surface area (Å²) >= 11 is 0. The minimum absolute atomic E-state index is 0.0562. The summed E-state index contributed by atoms with van der Waals surface area (Å²) in [6.07, 6.45) is -2.70. The summed E-state index contributed by atoms with van der Waals surface area (Å²) in [5.74, 6) is -3.30. The molecule has 2 saturated heterocycles. The van der Waals surface area contributed by atoms with Gasteiger partial charge in [-0.1, -0.05) is 26.0 Å². The zero-order valence-electron chi connectivity index (χ0n) is 34.5. The van der Waals surface area contributed by atoms with Crippen molar-refractivity contribution < 1.29 is 60.1 Å². The van der Waals surface area contributed by atoms with Crippen molar-refractivity contribution in [1.82, 2.24) is 24.8 Å². The van der Waals surface area contributed by atoms with Crippen LogP contribution in [-0.2, 0) is 29.1 Å². The lowest BCUT2D eigenvalue weighted by Crippen LogP contribution is -2.62. The van der Waals surface area contributed by atoms with Crippen molar-refractivity contribution in [3.8, 4) is 11.6 Å². The van der Waals surface area contributed by atoms with Crippen LogP contribution in [0.3, 0.4) is 0 Å². The third kappa shape index (κ3) is 9.34. The second-order valence-corrected chi connectivity index (χ2v) is 19.0. The Morgan fingerprint density at radius 3 is 2.49 bits per heavy atom. The molecule has 8 atom stereocenters. The molecule has 2 aromatic rings. The molecule has 1 aromatic carbocycles. The predicted molar refractivity (Wildman–Crippen MR) is 215 cm³/mol. The Labute approximate surface area is 352 Å². The van der Waals surface area contributed by atoms with Crippen LogP contribution >= 0.6 is 0 Å². The maximum absolute atomic E-state index is 15.0. The maximum Gasteiger partial charge on any atom is 0.408 e. The molecule has 16 nitrogen and oxygen atoms in total. The van der Waals surface area contributed by atoms with E-state index in [0.717, 1.165) is 4.90 Å². The molecule has 0 bridgehead atoms. The summed E-state index contributed by atoms with van der Waals surface area (Å²) < 4.78 is 88.9. The fraction of sp³-hybridized carbons (Fsp3) is 0.634. The monoisotopic (exact) mass is 878 g/mol. The van der Waals surface area contributed by atoms with Crippen molar-refractivity contribution >= 4 is 50.4 Å². The van der Waals surface area contributed by atoms with Gasteiger partial charge < -0.3 is 34.4 Å². The fourth-order valence-corrected chi connectivity index (χ4v) is 10.2. The van der Waals surface area contributed by atoms with Crippen LogP contribution in [0, 0.1) is 17.8 Å². The number of benzene rings is 1. The lowest BCUT2D eigenvalue weighted by molar-refractivity contribution is -0.184. The first-order valence-corrected chi connectivity index (χ1v) is 22.3. The first kappa shape index (κ1) is 44.2. The number of rotatable bonds is 9. The number of methoxy groups -OCH3 is 1. The van der Waals surface area contributed by atoms with E-state index in [9.17, 15) is 41.1 Å². The number of allylic oxidation sites excluding steroid dienone is 1. The van der Waals surface area contributed by atoms with Crippen molar-refractivity contribution in [2.24, 2.45) is 17.8 Å². The molecule has 7 rings (SSSR count). The number of amides is 4. The highest BCUT2D eigenvalue weighted by Crippen LogP contribution is 2.46. The van der Waals surface area contributed by atoms with Gasteiger partial charge in [0.15, 0.2) is 0 Å². The number of sulfonamides is 1. The van der Waals surface area contributed by atoms with Gasteiger partial charge >= 0.3 is 12.3 Å². The quantitative estimate of drug-likeness (QED) is 0.304. The Hall–Kier alpha value is -4.85. The topological polar surface area (TPSA) is 197 Å². The van der Waals surface area contributed by atoms with Crippen LogP contribution < -0.4 is 24.4 Å². The lowest BCUT2D eigenvalue weighted by atomic mass is 9.86. The van der Waals surface area contributed by atoms with Gasteiger partial charge in [0.2, 0.25) is 27.7 Å². The standard InChI is InChI=1S/C41H53F3N6O10S/c1-23-7-5-6-8-27-21-40(27,38(53)47-61(56,57)30-10-11-30)46-35(51)32-20-29(22-49(32)37(52)34(24(2)17-23)50(39(54)55)25(3)41(42,43)44)60-36-31-12-9-28(58-4)18-26(31)19-33(45-36)48-13-15-59-16-14-48/h6,8-9,12,18-19,23-25,27,29-30,32,34H,5,7,10-11,13-17,20-22H2,1-4H3,(H,46,51)(H,47,53)(H,54,55)/b8-6-/t23-,24-,25-,27-,29-,32+,34+,40-/m1/s1.